The summed E-state index contributed by atoms with van der Waals surface area (Å²) < 4.78 is 10.3. The summed E-state index contributed by atoms with van der Waals surface area (Å²) in [6.45, 7) is 3.21. The first-order valence-corrected chi connectivity index (χ1v) is 9.10. The fourth-order valence-corrected chi connectivity index (χ4v) is 3.98. The van der Waals surface area contributed by atoms with Crippen LogP contribution in [0.2, 0.25) is 0 Å². The van der Waals surface area contributed by atoms with Crippen molar-refractivity contribution in [2.75, 3.05) is 20.2 Å². The molecule has 4 heterocycles. The van der Waals surface area contributed by atoms with Gasteiger partial charge in [0.15, 0.2) is 5.82 Å². The Morgan fingerprint density at radius 3 is 2.85 bits per heavy atom. The molecule has 2 aromatic rings. The second kappa shape index (κ2) is 7.55. The van der Waals surface area contributed by atoms with Crippen LogP contribution in [-0.4, -0.2) is 52.1 Å². The van der Waals surface area contributed by atoms with Gasteiger partial charge < -0.3 is 14.2 Å². The number of benzene rings is 1. The van der Waals surface area contributed by atoms with E-state index in [9.17, 15) is 4.79 Å². The molecule has 138 valence electrons. The molecule has 3 fully saturated rings. The SMILES string of the molecule is COCc1noc(CN2CC3CCC(C2)N(Cc2ccccc2)C3=O)n1. The first-order chi connectivity index (χ1) is 12.7. The Morgan fingerprint density at radius 1 is 1.19 bits per heavy atom. The maximum Gasteiger partial charge on any atom is 0.240 e. The van der Waals surface area contributed by atoms with Gasteiger partial charge in [0.05, 0.1) is 12.5 Å². The van der Waals surface area contributed by atoms with Gasteiger partial charge in [-0.3, -0.25) is 9.69 Å². The minimum Gasteiger partial charge on any atom is -0.377 e. The van der Waals surface area contributed by atoms with Gasteiger partial charge in [0, 0.05) is 32.8 Å². The summed E-state index contributed by atoms with van der Waals surface area (Å²) in [5, 5.41) is 3.92. The van der Waals surface area contributed by atoms with E-state index < -0.39 is 0 Å². The van der Waals surface area contributed by atoms with E-state index in [2.05, 4.69) is 32.1 Å². The summed E-state index contributed by atoms with van der Waals surface area (Å²) in [4.78, 5) is 21.6. The van der Waals surface area contributed by atoms with Crippen molar-refractivity contribution in [3.8, 4) is 0 Å². The van der Waals surface area contributed by atoms with Crippen LogP contribution in [0.3, 0.4) is 0 Å². The number of carbonyl (C=O) groups excluding carboxylic acids is 1. The standard InChI is InChI=1S/C19H24N4O3/c1-25-13-17-20-18(26-21-17)12-22-10-15-7-8-16(11-22)23(19(15)24)9-14-5-3-2-4-6-14/h2-6,15-16H,7-13H2,1H3. The van der Waals surface area contributed by atoms with Gasteiger partial charge in [0.2, 0.25) is 11.8 Å². The first kappa shape index (κ1) is 17.2. The van der Waals surface area contributed by atoms with E-state index in [0.717, 1.165) is 25.9 Å². The van der Waals surface area contributed by atoms with Crippen molar-refractivity contribution in [2.45, 2.75) is 38.6 Å². The quantitative estimate of drug-likeness (QED) is 0.786. The number of nitrogens with zero attached hydrogens (tertiary/aromatic N) is 4. The molecule has 26 heavy (non-hydrogen) atoms. The Hall–Kier alpha value is -2.25. The van der Waals surface area contributed by atoms with Gasteiger partial charge in [-0.2, -0.15) is 4.98 Å². The average molecular weight is 356 g/mol. The molecule has 1 amide bonds. The highest BCUT2D eigenvalue weighted by molar-refractivity contribution is 5.80. The van der Waals surface area contributed by atoms with Crippen molar-refractivity contribution < 1.29 is 14.1 Å². The number of hydrogen-bond acceptors (Lipinski definition) is 6. The molecule has 3 aliphatic rings. The average Bonchev–Trinajstić information content (AvgIpc) is 2.92. The van der Waals surface area contributed by atoms with Crippen LogP contribution >= 0.6 is 0 Å². The molecule has 5 rings (SSSR count). The number of methoxy groups -OCH3 is 1. The first-order valence-electron chi connectivity index (χ1n) is 9.10. The van der Waals surface area contributed by atoms with E-state index in [4.69, 9.17) is 9.26 Å². The highest BCUT2D eigenvalue weighted by atomic mass is 16.5. The van der Waals surface area contributed by atoms with Crippen LogP contribution in [0.5, 0.6) is 0 Å². The Bertz CT molecular complexity index is 748. The molecule has 7 heteroatoms. The van der Waals surface area contributed by atoms with Crippen LogP contribution in [0.25, 0.3) is 0 Å². The molecule has 0 N–H and O–H groups in total. The number of piperidine rings is 1. The fourth-order valence-electron chi connectivity index (χ4n) is 3.98. The summed E-state index contributed by atoms with van der Waals surface area (Å²) in [5.74, 6) is 1.47. The molecule has 1 aromatic heterocycles. The lowest BCUT2D eigenvalue weighted by Gasteiger charge is -2.36. The van der Waals surface area contributed by atoms with Crippen molar-refractivity contribution >= 4 is 5.91 Å². The van der Waals surface area contributed by atoms with Crippen molar-refractivity contribution in [3.05, 3.63) is 47.6 Å². The van der Waals surface area contributed by atoms with Gasteiger partial charge in [0.25, 0.3) is 0 Å². The molecule has 2 atom stereocenters. The second-order valence-electron chi connectivity index (χ2n) is 7.11. The molecular formula is C19H24N4O3. The summed E-state index contributed by atoms with van der Waals surface area (Å²) in [6.07, 6.45) is 2.02. The molecule has 7 nitrogen and oxygen atoms in total. The largest absolute Gasteiger partial charge is 0.377 e. The smallest absolute Gasteiger partial charge is 0.240 e. The predicted octanol–water partition coefficient (Wildman–Crippen LogP) is 1.84. The molecule has 0 aliphatic carbocycles. The summed E-state index contributed by atoms with van der Waals surface area (Å²) in [6, 6.07) is 10.5. The molecule has 3 saturated heterocycles. The lowest BCUT2D eigenvalue weighted by Crippen LogP contribution is -2.47. The zero-order chi connectivity index (χ0) is 17.9. The van der Waals surface area contributed by atoms with Crippen molar-refractivity contribution in [3.63, 3.8) is 0 Å². The third-order valence-corrected chi connectivity index (χ3v) is 5.21. The van der Waals surface area contributed by atoms with E-state index in [1.54, 1.807) is 7.11 Å². The van der Waals surface area contributed by atoms with E-state index in [0.29, 0.717) is 31.4 Å². The van der Waals surface area contributed by atoms with Gasteiger partial charge in [-0.25, -0.2) is 0 Å². The molecular weight excluding hydrogens is 332 g/mol. The summed E-state index contributed by atoms with van der Waals surface area (Å²) >= 11 is 0. The van der Waals surface area contributed by atoms with Gasteiger partial charge in [-0.15, -0.1) is 0 Å². The maximum absolute atomic E-state index is 12.9. The Balaban J connectivity index is 1.45. The van der Waals surface area contributed by atoms with E-state index in [-0.39, 0.29) is 17.9 Å². The number of fused-ring (bicyclic) bond motifs is 4. The normalized spacial score (nSPS) is 23.4. The minimum atomic E-state index is 0.0545. The molecule has 2 unspecified atom stereocenters. The summed E-state index contributed by atoms with van der Waals surface area (Å²) in [7, 11) is 1.61. The van der Waals surface area contributed by atoms with Gasteiger partial charge in [-0.05, 0) is 18.4 Å². The Kier molecular flexibility index (Phi) is 4.99. The fraction of sp³-hybridized carbons (Fsp3) is 0.526. The molecule has 1 aromatic carbocycles. The van der Waals surface area contributed by atoms with Crippen LogP contribution in [0.15, 0.2) is 34.9 Å². The maximum atomic E-state index is 12.9. The van der Waals surface area contributed by atoms with E-state index in [1.807, 2.05) is 18.2 Å². The lowest BCUT2D eigenvalue weighted by molar-refractivity contribution is -0.140. The minimum absolute atomic E-state index is 0.0545. The monoisotopic (exact) mass is 356 g/mol. The van der Waals surface area contributed by atoms with Gasteiger partial charge >= 0.3 is 0 Å². The highest BCUT2D eigenvalue weighted by Crippen LogP contribution is 2.31. The van der Waals surface area contributed by atoms with Crippen LogP contribution in [0.4, 0.5) is 0 Å². The zero-order valence-corrected chi connectivity index (χ0v) is 15.0. The molecule has 0 spiro atoms. The Labute approximate surface area is 152 Å². The van der Waals surface area contributed by atoms with Crippen LogP contribution in [0.1, 0.15) is 30.1 Å². The van der Waals surface area contributed by atoms with Gasteiger partial charge in [-0.1, -0.05) is 35.5 Å². The van der Waals surface area contributed by atoms with Crippen molar-refractivity contribution in [1.29, 1.82) is 0 Å². The number of rotatable bonds is 6. The number of carbonyl (C=O) groups is 1. The van der Waals surface area contributed by atoms with Crippen LogP contribution in [-0.2, 0) is 29.2 Å². The van der Waals surface area contributed by atoms with Gasteiger partial charge in [0.1, 0.15) is 6.61 Å². The lowest BCUT2D eigenvalue weighted by atomic mass is 9.93. The van der Waals surface area contributed by atoms with Crippen molar-refractivity contribution in [1.82, 2.24) is 19.9 Å². The molecule has 0 radical (unpaired) electrons. The number of ether oxygens (including phenoxy) is 1. The molecule has 0 saturated carbocycles. The third-order valence-electron chi connectivity index (χ3n) is 5.21. The predicted molar refractivity (Wildman–Crippen MR) is 93.8 cm³/mol. The van der Waals surface area contributed by atoms with E-state index >= 15 is 0 Å². The van der Waals surface area contributed by atoms with Crippen molar-refractivity contribution in [2.24, 2.45) is 5.92 Å². The second-order valence-corrected chi connectivity index (χ2v) is 7.11. The summed E-state index contributed by atoms with van der Waals surface area (Å²) in [5.41, 5.74) is 1.18. The van der Waals surface area contributed by atoms with Crippen LogP contribution in [0, 0.1) is 5.92 Å². The number of hydrogen-bond donors (Lipinski definition) is 0. The zero-order valence-electron chi connectivity index (χ0n) is 15.0. The topological polar surface area (TPSA) is 71.7 Å². The van der Waals surface area contributed by atoms with Crippen LogP contribution < -0.4 is 0 Å². The highest BCUT2D eigenvalue weighted by Gasteiger charge is 2.40. The third kappa shape index (κ3) is 3.64. The molecule has 3 aliphatic heterocycles. The van der Waals surface area contributed by atoms with E-state index in [1.165, 1.54) is 5.56 Å². The molecule has 2 bridgehead atoms. The Morgan fingerprint density at radius 2 is 2.04 bits per heavy atom. The number of amides is 1. The number of aromatic nitrogens is 2.